The van der Waals surface area contributed by atoms with Gasteiger partial charge in [-0.1, -0.05) is 36.4 Å². The van der Waals surface area contributed by atoms with E-state index in [1.807, 2.05) is 42.5 Å². The van der Waals surface area contributed by atoms with E-state index in [9.17, 15) is 14.9 Å². The Morgan fingerprint density at radius 3 is 2.39 bits per heavy atom. The van der Waals surface area contributed by atoms with E-state index >= 15 is 0 Å². The van der Waals surface area contributed by atoms with Gasteiger partial charge in [-0.3, -0.25) is 14.2 Å². The van der Waals surface area contributed by atoms with Gasteiger partial charge in [-0.05, 0) is 54.3 Å². The van der Waals surface area contributed by atoms with Gasteiger partial charge in [0.1, 0.15) is 0 Å². The van der Waals surface area contributed by atoms with Crippen LogP contribution >= 0.6 is 0 Å². The van der Waals surface area contributed by atoms with Gasteiger partial charge in [0.2, 0.25) is 0 Å². The maximum absolute atomic E-state index is 13.3. The number of carbonyl (C=O) groups excluding carboxylic acids is 1. The van der Waals surface area contributed by atoms with E-state index in [0.717, 1.165) is 29.7 Å². The maximum Gasteiger partial charge on any atom is 0.263 e. The van der Waals surface area contributed by atoms with E-state index in [1.165, 1.54) is 0 Å². The number of pyridine rings is 1. The molecule has 0 spiro atoms. The van der Waals surface area contributed by atoms with Gasteiger partial charge in [0, 0.05) is 29.4 Å². The van der Waals surface area contributed by atoms with Gasteiger partial charge < -0.3 is 0 Å². The predicted octanol–water partition coefficient (Wildman–Crippen LogP) is 4.51. The first kappa shape index (κ1) is 17.7. The molecular weight excluding hydrogens is 348 g/mol. The van der Waals surface area contributed by atoms with Gasteiger partial charge in [0.05, 0.1) is 11.6 Å². The summed E-state index contributed by atoms with van der Waals surface area (Å²) < 4.78 is 1.60. The Morgan fingerprint density at radius 1 is 0.893 bits per heavy atom. The van der Waals surface area contributed by atoms with Crippen LogP contribution in [0.2, 0.25) is 0 Å². The number of nitriles is 1. The molecule has 0 amide bonds. The molecule has 0 radical (unpaired) electrons. The zero-order valence-electron chi connectivity index (χ0n) is 15.3. The predicted molar refractivity (Wildman–Crippen MR) is 109 cm³/mol. The molecule has 1 aliphatic carbocycles. The number of carbonyl (C=O) groups is 1. The first-order valence-corrected chi connectivity index (χ1v) is 9.23. The quantitative estimate of drug-likeness (QED) is 0.685. The monoisotopic (exact) mass is 366 g/mol. The van der Waals surface area contributed by atoms with Gasteiger partial charge in [-0.25, -0.2) is 0 Å². The molecule has 0 saturated heterocycles. The summed E-state index contributed by atoms with van der Waals surface area (Å²) in [5, 5.41) is 9.49. The van der Waals surface area contributed by atoms with Gasteiger partial charge in [0.15, 0.2) is 5.78 Å². The molecule has 0 bridgehead atoms. The minimum atomic E-state index is -0.194. The van der Waals surface area contributed by atoms with Crippen LogP contribution in [0.25, 0.3) is 22.4 Å². The van der Waals surface area contributed by atoms with Crippen LogP contribution in [0.1, 0.15) is 30.4 Å². The van der Waals surface area contributed by atoms with Crippen LogP contribution in [-0.4, -0.2) is 10.4 Å². The Labute approximate surface area is 163 Å². The number of benzene rings is 2. The lowest BCUT2D eigenvalue weighted by Gasteiger charge is -2.17. The molecule has 1 aromatic heterocycles. The zero-order chi connectivity index (χ0) is 19.5. The summed E-state index contributed by atoms with van der Waals surface area (Å²) in [5.74, 6) is 0.109. The van der Waals surface area contributed by atoms with E-state index in [-0.39, 0.29) is 11.3 Å². The van der Waals surface area contributed by atoms with E-state index in [1.54, 1.807) is 35.0 Å². The Balaban J connectivity index is 2.01. The fraction of sp³-hybridized carbons (Fsp3) is 0.125. The molecule has 4 heteroatoms. The molecule has 0 saturated carbocycles. The van der Waals surface area contributed by atoms with Crippen molar-refractivity contribution in [1.82, 2.24) is 4.57 Å². The van der Waals surface area contributed by atoms with E-state index in [2.05, 4.69) is 6.07 Å². The first-order chi connectivity index (χ1) is 13.7. The van der Waals surface area contributed by atoms with E-state index in [4.69, 9.17) is 0 Å². The van der Waals surface area contributed by atoms with Crippen LogP contribution in [0.15, 0.2) is 77.7 Å². The summed E-state index contributed by atoms with van der Waals surface area (Å²) in [6.45, 7) is 0. The molecule has 3 aromatic rings. The number of nitrogens with zero attached hydrogens (tertiary/aromatic N) is 2. The summed E-state index contributed by atoms with van der Waals surface area (Å²) in [5.41, 5.74) is 3.82. The Bertz CT molecular complexity index is 1180. The van der Waals surface area contributed by atoms with Crippen molar-refractivity contribution in [3.63, 3.8) is 0 Å². The number of hydrogen-bond donors (Lipinski definition) is 0. The number of para-hydroxylation sites is 1. The summed E-state index contributed by atoms with van der Waals surface area (Å²) in [6.07, 6.45) is 5.63. The molecule has 0 aliphatic heterocycles. The lowest BCUT2D eigenvalue weighted by Crippen LogP contribution is -2.21. The minimum absolute atomic E-state index is 0.109. The molecule has 4 nitrogen and oxygen atoms in total. The molecule has 0 fully saturated rings. The highest BCUT2D eigenvalue weighted by molar-refractivity contribution is 5.98. The molecule has 1 aliphatic rings. The molecule has 0 unspecified atom stereocenters. The Kier molecular flexibility index (Phi) is 4.74. The van der Waals surface area contributed by atoms with Crippen LogP contribution in [0.4, 0.5) is 0 Å². The van der Waals surface area contributed by atoms with Crippen LogP contribution in [0, 0.1) is 11.3 Å². The SMILES string of the molecule is N#Cc1ccccc1-c1cc(C2=CC(=O)CCC2)cn(-c2ccccc2)c1=O. The van der Waals surface area contributed by atoms with Crippen molar-refractivity contribution in [3.05, 3.63) is 94.4 Å². The van der Waals surface area contributed by atoms with Gasteiger partial charge in [0.25, 0.3) is 5.56 Å². The number of hydrogen-bond acceptors (Lipinski definition) is 3. The average molecular weight is 366 g/mol. The topological polar surface area (TPSA) is 62.9 Å². The van der Waals surface area contributed by atoms with Crippen LogP contribution in [0.5, 0.6) is 0 Å². The van der Waals surface area contributed by atoms with E-state index in [0.29, 0.717) is 23.1 Å². The standard InChI is InChI=1S/C24H18N2O2/c25-15-18-7-4-5-12-22(18)23-14-19(17-8-6-11-21(27)13-17)16-26(24(23)28)20-9-2-1-3-10-20/h1-5,7,9-10,12-14,16H,6,8,11H2. The fourth-order valence-corrected chi connectivity index (χ4v) is 3.57. The van der Waals surface area contributed by atoms with Crippen molar-refractivity contribution in [2.75, 3.05) is 0 Å². The highest BCUT2D eigenvalue weighted by Crippen LogP contribution is 2.29. The van der Waals surface area contributed by atoms with E-state index < -0.39 is 0 Å². The second-order valence-electron chi connectivity index (χ2n) is 6.80. The average Bonchev–Trinajstić information content (AvgIpc) is 2.74. The molecule has 0 atom stereocenters. The number of allylic oxidation sites excluding steroid dienone is 2. The Morgan fingerprint density at radius 2 is 1.64 bits per heavy atom. The number of aromatic nitrogens is 1. The maximum atomic E-state index is 13.3. The number of rotatable bonds is 3. The molecule has 4 rings (SSSR count). The lowest BCUT2D eigenvalue weighted by molar-refractivity contribution is -0.114. The van der Waals surface area contributed by atoms with Crippen molar-refractivity contribution in [2.45, 2.75) is 19.3 Å². The molecule has 28 heavy (non-hydrogen) atoms. The van der Waals surface area contributed by atoms with Crippen molar-refractivity contribution >= 4 is 11.4 Å². The van der Waals surface area contributed by atoms with Crippen LogP contribution < -0.4 is 5.56 Å². The molecule has 0 N–H and O–H groups in total. The van der Waals surface area contributed by atoms with Crippen molar-refractivity contribution < 1.29 is 4.79 Å². The third kappa shape index (κ3) is 3.30. The molecule has 2 aromatic carbocycles. The number of ketones is 1. The normalized spacial score (nSPS) is 13.7. The molecular formula is C24H18N2O2. The van der Waals surface area contributed by atoms with Crippen LogP contribution in [-0.2, 0) is 4.79 Å². The van der Waals surface area contributed by atoms with Gasteiger partial charge >= 0.3 is 0 Å². The highest BCUT2D eigenvalue weighted by atomic mass is 16.1. The summed E-state index contributed by atoms with van der Waals surface area (Å²) >= 11 is 0. The van der Waals surface area contributed by atoms with Crippen molar-refractivity contribution in [2.24, 2.45) is 0 Å². The molecule has 136 valence electrons. The van der Waals surface area contributed by atoms with Gasteiger partial charge in [-0.15, -0.1) is 0 Å². The largest absolute Gasteiger partial charge is 0.295 e. The second-order valence-corrected chi connectivity index (χ2v) is 6.80. The Hall–Kier alpha value is -3.71. The smallest absolute Gasteiger partial charge is 0.263 e. The van der Waals surface area contributed by atoms with Gasteiger partial charge in [-0.2, -0.15) is 5.26 Å². The lowest BCUT2D eigenvalue weighted by atomic mass is 9.91. The fourth-order valence-electron chi connectivity index (χ4n) is 3.57. The first-order valence-electron chi connectivity index (χ1n) is 9.23. The zero-order valence-corrected chi connectivity index (χ0v) is 15.3. The summed E-state index contributed by atoms with van der Waals surface area (Å²) in [6, 6.07) is 20.5. The summed E-state index contributed by atoms with van der Waals surface area (Å²) in [7, 11) is 0. The molecule has 1 heterocycles. The second kappa shape index (κ2) is 7.50. The van der Waals surface area contributed by atoms with Crippen LogP contribution in [0.3, 0.4) is 0 Å². The van der Waals surface area contributed by atoms with Crippen molar-refractivity contribution in [3.8, 4) is 22.9 Å². The van der Waals surface area contributed by atoms with Crippen molar-refractivity contribution in [1.29, 1.82) is 5.26 Å². The minimum Gasteiger partial charge on any atom is -0.295 e. The third-order valence-electron chi connectivity index (χ3n) is 4.96. The third-order valence-corrected chi connectivity index (χ3v) is 4.96. The summed E-state index contributed by atoms with van der Waals surface area (Å²) in [4.78, 5) is 25.2. The highest BCUT2D eigenvalue weighted by Gasteiger charge is 2.17.